The van der Waals surface area contributed by atoms with E-state index < -0.39 is 10.8 Å². The van der Waals surface area contributed by atoms with E-state index in [1.54, 1.807) is 0 Å². The minimum atomic E-state index is -0.601. The van der Waals surface area contributed by atoms with Crippen LogP contribution in [0.5, 0.6) is 0 Å². The first kappa shape index (κ1) is 15.1. The Morgan fingerprint density at radius 2 is 2.10 bits per heavy atom. The Hall–Kier alpha value is -1.33. The molecule has 1 aliphatic rings. The number of benzene rings is 1. The largest absolute Gasteiger partial charge is 0.349 e. The fourth-order valence-corrected chi connectivity index (χ4v) is 2.86. The molecule has 0 saturated heterocycles. The number of rotatable bonds is 3. The zero-order valence-corrected chi connectivity index (χ0v) is 12.4. The Kier molecular flexibility index (Phi) is 4.50. The van der Waals surface area contributed by atoms with Gasteiger partial charge in [-0.05, 0) is 25.2 Å². The molecule has 0 aromatic heterocycles. The van der Waals surface area contributed by atoms with Gasteiger partial charge in [-0.15, -0.1) is 0 Å². The molecule has 0 spiro atoms. The van der Waals surface area contributed by atoms with Crippen molar-refractivity contribution >= 4 is 34.8 Å². The van der Waals surface area contributed by atoms with Crippen molar-refractivity contribution in [3.05, 3.63) is 37.9 Å². The fraction of sp³-hybridized carbons (Fsp3) is 0.462. The lowest BCUT2D eigenvalue weighted by Crippen LogP contribution is -2.33. The quantitative estimate of drug-likeness (QED) is 0.680. The van der Waals surface area contributed by atoms with Gasteiger partial charge in [-0.25, -0.2) is 0 Å². The third-order valence-corrected chi connectivity index (χ3v) is 4.30. The highest BCUT2D eigenvalue weighted by Gasteiger charge is 2.25. The van der Waals surface area contributed by atoms with Crippen molar-refractivity contribution in [3.63, 3.8) is 0 Å². The number of nitrogens with one attached hydrogen (secondary N) is 1. The van der Waals surface area contributed by atoms with Crippen molar-refractivity contribution in [2.45, 2.75) is 32.2 Å². The fourth-order valence-electron chi connectivity index (χ4n) is 2.45. The molecule has 1 saturated carbocycles. The molecule has 1 aliphatic carbocycles. The Labute approximate surface area is 126 Å². The van der Waals surface area contributed by atoms with Crippen molar-refractivity contribution in [1.82, 2.24) is 5.32 Å². The summed E-state index contributed by atoms with van der Waals surface area (Å²) in [6.07, 6.45) is 2.88. The van der Waals surface area contributed by atoms with Crippen LogP contribution in [-0.2, 0) is 0 Å². The predicted molar refractivity (Wildman–Crippen MR) is 77.4 cm³/mol. The van der Waals surface area contributed by atoms with E-state index in [-0.39, 0.29) is 27.3 Å². The Morgan fingerprint density at radius 1 is 1.40 bits per heavy atom. The van der Waals surface area contributed by atoms with E-state index in [1.165, 1.54) is 0 Å². The van der Waals surface area contributed by atoms with Gasteiger partial charge >= 0.3 is 0 Å². The van der Waals surface area contributed by atoms with Gasteiger partial charge in [-0.3, -0.25) is 14.9 Å². The number of carbonyl (C=O) groups excluding carboxylic acids is 1. The lowest BCUT2D eigenvalue weighted by Gasteiger charge is -2.13. The van der Waals surface area contributed by atoms with Crippen LogP contribution >= 0.6 is 23.2 Å². The van der Waals surface area contributed by atoms with Crippen molar-refractivity contribution < 1.29 is 9.72 Å². The van der Waals surface area contributed by atoms with E-state index in [9.17, 15) is 14.9 Å². The third-order valence-electron chi connectivity index (χ3n) is 3.50. The average Bonchev–Trinajstić information content (AvgIpc) is 2.77. The zero-order valence-electron chi connectivity index (χ0n) is 10.9. The normalized spacial score (nSPS) is 21.8. The second-order valence-electron chi connectivity index (χ2n) is 5.13. The van der Waals surface area contributed by atoms with Gasteiger partial charge in [0.2, 0.25) is 0 Å². The molecule has 2 atom stereocenters. The number of non-ortho nitro benzene ring substituents is 1. The van der Waals surface area contributed by atoms with Gasteiger partial charge in [-0.2, -0.15) is 0 Å². The van der Waals surface area contributed by atoms with Crippen molar-refractivity contribution in [2.75, 3.05) is 0 Å². The van der Waals surface area contributed by atoms with Crippen molar-refractivity contribution in [3.8, 4) is 0 Å². The summed E-state index contributed by atoms with van der Waals surface area (Å²) in [5, 5.41) is 13.7. The molecule has 2 unspecified atom stereocenters. The van der Waals surface area contributed by atoms with Gasteiger partial charge in [0.25, 0.3) is 11.6 Å². The molecule has 1 N–H and O–H groups in total. The van der Waals surface area contributed by atoms with Gasteiger partial charge in [-0.1, -0.05) is 30.1 Å². The first-order valence-corrected chi connectivity index (χ1v) is 7.08. The smallest absolute Gasteiger partial charge is 0.271 e. The number of hydrogen-bond donors (Lipinski definition) is 1. The highest BCUT2D eigenvalue weighted by molar-refractivity contribution is 6.44. The van der Waals surface area contributed by atoms with Gasteiger partial charge in [0.15, 0.2) is 0 Å². The van der Waals surface area contributed by atoms with E-state index in [0.29, 0.717) is 5.92 Å². The molecule has 20 heavy (non-hydrogen) atoms. The van der Waals surface area contributed by atoms with E-state index in [4.69, 9.17) is 23.2 Å². The summed E-state index contributed by atoms with van der Waals surface area (Å²) in [6.45, 7) is 2.13. The van der Waals surface area contributed by atoms with Crippen LogP contribution < -0.4 is 5.32 Å². The maximum Gasteiger partial charge on any atom is 0.271 e. The highest BCUT2D eigenvalue weighted by Crippen LogP contribution is 2.31. The van der Waals surface area contributed by atoms with Crippen LogP contribution in [0, 0.1) is 16.0 Å². The summed E-state index contributed by atoms with van der Waals surface area (Å²) in [5.41, 5.74) is -0.199. The molecule has 0 heterocycles. The van der Waals surface area contributed by atoms with E-state index in [2.05, 4.69) is 12.2 Å². The minimum absolute atomic E-state index is 0.00538. The maximum atomic E-state index is 12.2. The van der Waals surface area contributed by atoms with Crippen LogP contribution in [0.2, 0.25) is 10.0 Å². The van der Waals surface area contributed by atoms with E-state index >= 15 is 0 Å². The monoisotopic (exact) mass is 316 g/mol. The summed E-state index contributed by atoms with van der Waals surface area (Å²) in [5.74, 6) is 0.157. The summed E-state index contributed by atoms with van der Waals surface area (Å²) >= 11 is 11.8. The second-order valence-corrected chi connectivity index (χ2v) is 5.92. The predicted octanol–water partition coefficient (Wildman–Crippen LogP) is 3.82. The molecule has 1 amide bonds. The van der Waals surface area contributed by atoms with E-state index in [1.807, 2.05) is 0 Å². The van der Waals surface area contributed by atoms with Crippen molar-refractivity contribution in [1.29, 1.82) is 0 Å². The molecule has 5 nitrogen and oxygen atoms in total. The number of halogens is 2. The molecule has 7 heteroatoms. The number of hydrogen-bond acceptors (Lipinski definition) is 3. The molecule has 2 rings (SSSR count). The average molecular weight is 317 g/mol. The number of amides is 1. The second kappa shape index (κ2) is 5.97. The number of carbonyl (C=O) groups is 1. The summed E-state index contributed by atoms with van der Waals surface area (Å²) in [6, 6.07) is 2.38. The molecule has 1 aromatic carbocycles. The standard InChI is InChI=1S/C13H14Cl2N2O3/c1-7-2-3-8(4-7)16-13(18)10-5-9(17(19)20)6-11(14)12(10)15/h5-8H,2-4H2,1H3,(H,16,18). The van der Waals surface area contributed by atoms with Crippen LogP contribution in [0.4, 0.5) is 5.69 Å². The molecule has 0 radical (unpaired) electrons. The molecule has 108 valence electrons. The molecule has 1 aromatic rings. The van der Waals surface area contributed by atoms with E-state index in [0.717, 1.165) is 31.4 Å². The van der Waals surface area contributed by atoms with Crippen LogP contribution in [0.15, 0.2) is 12.1 Å². The molecular weight excluding hydrogens is 303 g/mol. The van der Waals surface area contributed by atoms with Crippen LogP contribution in [0.1, 0.15) is 36.5 Å². The first-order valence-electron chi connectivity index (χ1n) is 6.32. The third kappa shape index (κ3) is 3.22. The number of nitro groups is 1. The Morgan fingerprint density at radius 3 is 2.65 bits per heavy atom. The summed E-state index contributed by atoms with van der Waals surface area (Å²) in [7, 11) is 0. The lowest BCUT2D eigenvalue weighted by atomic mass is 10.1. The van der Waals surface area contributed by atoms with Gasteiger partial charge in [0.05, 0.1) is 20.5 Å². The van der Waals surface area contributed by atoms with Crippen LogP contribution in [0.25, 0.3) is 0 Å². The molecule has 0 aliphatic heterocycles. The molecule has 0 bridgehead atoms. The molecule has 1 fully saturated rings. The Balaban J connectivity index is 2.22. The summed E-state index contributed by atoms with van der Waals surface area (Å²) in [4.78, 5) is 22.4. The number of nitro benzene ring substituents is 1. The van der Waals surface area contributed by atoms with Crippen molar-refractivity contribution in [2.24, 2.45) is 5.92 Å². The number of nitrogens with zero attached hydrogens (tertiary/aromatic N) is 1. The summed E-state index contributed by atoms with van der Waals surface area (Å²) < 4.78 is 0. The van der Waals surface area contributed by atoms with Gasteiger partial charge in [0.1, 0.15) is 0 Å². The maximum absolute atomic E-state index is 12.2. The van der Waals surface area contributed by atoms with Gasteiger partial charge in [0, 0.05) is 18.2 Å². The Bertz CT molecular complexity index is 563. The first-order chi connectivity index (χ1) is 9.38. The molecular formula is C13H14Cl2N2O3. The van der Waals surface area contributed by atoms with Gasteiger partial charge < -0.3 is 5.32 Å². The SMILES string of the molecule is CC1CCC(NC(=O)c2cc([N+](=O)[O-])cc(Cl)c2Cl)C1. The highest BCUT2D eigenvalue weighted by atomic mass is 35.5. The lowest BCUT2D eigenvalue weighted by molar-refractivity contribution is -0.384. The van der Waals surface area contributed by atoms with Crippen LogP contribution in [0.3, 0.4) is 0 Å². The zero-order chi connectivity index (χ0) is 14.9. The topological polar surface area (TPSA) is 72.2 Å². The minimum Gasteiger partial charge on any atom is -0.349 e. The van der Waals surface area contributed by atoms with Crippen LogP contribution in [-0.4, -0.2) is 16.9 Å².